The summed E-state index contributed by atoms with van der Waals surface area (Å²) in [6, 6.07) is 3.92. The van der Waals surface area contributed by atoms with Gasteiger partial charge in [0, 0.05) is 20.2 Å². The molecule has 0 fully saturated rings. The first kappa shape index (κ1) is 16.3. The lowest BCUT2D eigenvalue weighted by Gasteiger charge is -2.14. The van der Waals surface area contributed by atoms with Crippen LogP contribution >= 0.6 is 0 Å². The molecule has 0 aromatic heterocycles. The average Bonchev–Trinajstić information content (AvgIpc) is 2.41. The first-order valence-electron chi connectivity index (χ1n) is 5.95. The Morgan fingerprint density at radius 1 is 1.35 bits per heavy atom. The molecule has 0 radical (unpaired) electrons. The van der Waals surface area contributed by atoms with E-state index in [0.29, 0.717) is 25.3 Å². The smallest absolute Gasteiger partial charge is 0.419 e. The van der Waals surface area contributed by atoms with Crippen molar-refractivity contribution in [3.05, 3.63) is 29.3 Å². The van der Waals surface area contributed by atoms with Gasteiger partial charge in [-0.25, -0.2) is 0 Å². The maximum absolute atomic E-state index is 12.9. The first-order chi connectivity index (χ1) is 9.49. The van der Waals surface area contributed by atoms with E-state index >= 15 is 0 Å². The summed E-state index contributed by atoms with van der Waals surface area (Å²) in [5.41, 5.74) is -0.305. The molecule has 0 aliphatic rings. The van der Waals surface area contributed by atoms with Gasteiger partial charge in [0.15, 0.2) is 0 Å². The lowest BCUT2D eigenvalue weighted by atomic mass is 10.1. The van der Waals surface area contributed by atoms with Crippen LogP contribution in [0.25, 0.3) is 0 Å². The van der Waals surface area contributed by atoms with Crippen LogP contribution in [-0.2, 0) is 17.5 Å². The van der Waals surface area contributed by atoms with E-state index in [4.69, 9.17) is 15.9 Å². The van der Waals surface area contributed by atoms with Crippen LogP contribution < -0.4 is 10.1 Å². The number of halogens is 3. The van der Waals surface area contributed by atoms with Crippen molar-refractivity contribution >= 4 is 0 Å². The van der Waals surface area contributed by atoms with Crippen LogP contribution in [0.2, 0.25) is 0 Å². The van der Waals surface area contributed by atoms with Gasteiger partial charge in [0.05, 0.1) is 12.2 Å². The number of nitrogens with one attached hydrogen (secondary N) is 1. The summed E-state index contributed by atoms with van der Waals surface area (Å²) in [6.07, 6.45) is 0.502. The van der Waals surface area contributed by atoms with Crippen molar-refractivity contribution in [2.24, 2.45) is 0 Å². The molecule has 1 N–H and O–H groups in total. The number of rotatable bonds is 7. The highest BCUT2D eigenvalue weighted by Crippen LogP contribution is 2.36. The van der Waals surface area contributed by atoms with Crippen LogP contribution in [-0.4, -0.2) is 26.9 Å². The predicted octanol–water partition coefficient (Wildman–Crippen LogP) is 2.45. The van der Waals surface area contributed by atoms with Crippen LogP contribution in [0.4, 0.5) is 13.2 Å². The highest BCUT2D eigenvalue weighted by Gasteiger charge is 2.34. The van der Waals surface area contributed by atoms with Gasteiger partial charge in [-0.1, -0.05) is 12.0 Å². The normalized spacial score (nSPS) is 11.2. The summed E-state index contributed by atoms with van der Waals surface area (Å²) in [7, 11) is 1.56. The number of ether oxygens (including phenoxy) is 2. The van der Waals surface area contributed by atoms with E-state index < -0.39 is 11.7 Å². The molecule has 0 atom stereocenters. The molecule has 1 rings (SSSR count). The molecule has 20 heavy (non-hydrogen) atoms. The van der Waals surface area contributed by atoms with E-state index in [1.54, 1.807) is 13.2 Å². The number of terminal acetylenes is 1. The molecule has 0 amide bonds. The van der Waals surface area contributed by atoms with Crippen molar-refractivity contribution < 1.29 is 22.6 Å². The molecule has 1 aromatic rings. The van der Waals surface area contributed by atoms with E-state index in [-0.39, 0.29) is 12.4 Å². The molecule has 110 valence electrons. The standard InChI is InChI=1S/C14H16F3NO2/c1-3-7-20-13-5-4-11(10-18-6-8-19-2)9-12(13)14(15,16)17/h1,4-5,9,18H,6-8,10H2,2H3. The van der Waals surface area contributed by atoms with E-state index in [1.807, 2.05) is 0 Å². The Morgan fingerprint density at radius 3 is 2.70 bits per heavy atom. The van der Waals surface area contributed by atoms with Gasteiger partial charge < -0.3 is 14.8 Å². The quantitative estimate of drug-likeness (QED) is 0.617. The second-order valence-corrected chi connectivity index (χ2v) is 3.99. The van der Waals surface area contributed by atoms with Gasteiger partial charge in [-0.2, -0.15) is 13.2 Å². The second-order valence-electron chi connectivity index (χ2n) is 3.99. The summed E-state index contributed by atoms with van der Waals surface area (Å²) >= 11 is 0. The van der Waals surface area contributed by atoms with E-state index in [2.05, 4.69) is 11.2 Å². The Labute approximate surface area is 116 Å². The molecule has 1 aromatic carbocycles. The Balaban J connectivity index is 2.82. The predicted molar refractivity (Wildman–Crippen MR) is 69.4 cm³/mol. The van der Waals surface area contributed by atoms with Crippen LogP contribution in [0.3, 0.4) is 0 Å². The molecular weight excluding hydrogens is 271 g/mol. The van der Waals surface area contributed by atoms with Crippen LogP contribution in [0.1, 0.15) is 11.1 Å². The number of methoxy groups -OCH3 is 1. The van der Waals surface area contributed by atoms with Gasteiger partial charge in [-0.05, 0) is 17.7 Å². The summed E-state index contributed by atoms with van der Waals surface area (Å²) in [6.45, 7) is 1.18. The number of hydrogen-bond acceptors (Lipinski definition) is 3. The van der Waals surface area contributed by atoms with Gasteiger partial charge in [-0.15, -0.1) is 6.42 Å². The van der Waals surface area contributed by atoms with Crippen LogP contribution in [0.5, 0.6) is 5.75 Å². The molecule has 3 nitrogen and oxygen atoms in total. The summed E-state index contributed by atoms with van der Waals surface area (Å²) in [5, 5.41) is 2.98. The Kier molecular flexibility index (Phi) is 6.36. The minimum absolute atomic E-state index is 0.200. The number of alkyl halides is 3. The minimum Gasteiger partial charge on any atom is -0.480 e. The second kappa shape index (κ2) is 7.78. The van der Waals surface area contributed by atoms with Crippen LogP contribution in [0, 0.1) is 12.3 Å². The molecule has 0 heterocycles. The molecule has 0 bridgehead atoms. The fourth-order valence-corrected chi connectivity index (χ4v) is 1.56. The Morgan fingerprint density at radius 2 is 2.10 bits per heavy atom. The topological polar surface area (TPSA) is 30.5 Å². The third-order valence-electron chi connectivity index (χ3n) is 2.47. The maximum Gasteiger partial charge on any atom is 0.419 e. The van der Waals surface area contributed by atoms with Crippen molar-refractivity contribution in [1.29, 1.82) is 0 Å². The fraction of sp³-hybridized carbons (Fsp3) is 0.429. The molecule has 0 saturated carbocycles. The highest BCUT2D eigenvalue weighted by molar-refractivity contribution is 5.39. The zero-order valence-corrected chi connectivity index (χ0v) is 11.1. The summed E-state index contributed by atoms with van der Waals surface area (Å²) < 4.78 is 48.5. The molecule has 6 heteroatoms. The Bertz CT molecular complexity index is 466. The largest absolute Gasteiger partial charge is 0.480 e. The molecular formula is C14H16F3NO2. The summed E-state index contributed by atoms with van der Waals surface area (Å²) in [4.78, 5) is 0. The van der Waals surface area contributed by atoms with Crippen molar-refractivity contribution in [3.63, 3.8) is 0 Å². The number of hydrogen-bond donors (Lipinski definition) is 1. The molecule has 0 aliphatic carbocycles. The average molecular weight is 287 g/mol. The van der Waals surface area contributed by atoms with Gasteiger partial charge in [0.1, 0.15) is 12.4 Å². The molecule has 0 aliphatic heterocycles. The van der Waals surface area contributed by atoms with Crippen LogP contribution in [0.15, 0.2) is 18.2 Å². The molecule has 0 unspecified atom stereocenters. The van der Waals surface area contributed by atoms with E-state index in [1.165, 1.54) is 6.07 Å². The summed E-state index contributed by atoms with van der Waals surface area (Å²) in [5.74, 6) is 1.89. The minimum atomic E-state index is -4.48. The molecule has 0 spiro atoms. The van der Waals surface area contributed by atoms with Crippen molar-refractivity contribution in [1.82, 2.24) is 5.32 Å². The maximum atomic E-state index is 12.9. The van der Waals surface area contributed by atoms with Crippen molar-refractivity contribution in [3.8, 4) is 18.1 Å². The van der Waals surface area contributed by atoms with Gasteiger partial charge in [0.25, 0.3) is 0 Å². The van der Waals surface area contributed by atoms with Gasteiger partial charge in [0.2, 0.25) is 0 Å². The zero-order chi connectivity index (χ0) is 15.0. The van der Waals surface area contributed by atoms with Crippen molar-refractivity contribution in [2.45, 2.75) is 12.7 Å². The molecule has 0 saturated heterocycles. The Hall–Kier alpha value is -1.71. The van der Waals surface area contributed by atoms with Gasteiger partial charge in [-0.3, -0.25) is 0 Å². The SMILES string of the molecule is C#CCOc1ccc(CNCCOC)cc1C(F)(F)F. The third kappa shape index (κ3) is 5.11. The van der Waals surface area contributed by atoms with Crippen molar-refractivity contribution in [2.75, 3.05) is 26.9 Å². The van der Waals surface area contributed by atoms with E-state index in [0.717, 1.165) is 6.07 Å². The lowest BCUT2D eigenvalue weighted by Crippen LogP contribution is -2.19. The zero-order valence-electron chi connectivity index (χ0n) is 11.1. The number of benzene rings is 1. The van der Waals surface area contributed by atoms with Gasteiger partial charge >= 0.3 is 6.18 Å². The van der Waals surface area contributed by atoms with E-state index in [9.17, 15) is 13.2 Å². The fourth-order valence-electron chi connectivity index (χ4n) is 1.56. The first-order valence-corrected chi connectivity index (χ1v) is 5.95. The highest BCUT2D eigenvalue weighted by atomic mass is 19.4. The monoisotopic (exact) mass is 287 g/mol. The third-order valence-corrected chi connectivity index (χ3v) is 2.47. The lowest BCUT2D eigenvalue weighted by molar-refractivity contribution is -0.138.